The molecule has 0 aliphatic rings. The Morgan fingerprint density at radius 1 is 0.828 bits per heavy atom. The number of nitrogens with zero attached hydrogens (tertiary/aromatic N) is 1. The molecule has 0 fully saturated rings. The molecule has 0 spiro atoms. The van der Waals surface area contributed by atoms with Gasteiger partial charge in [-0.05, 0) is 47.6 Å². The highest BCUT2D eigenvalue weighted by atomic mass is 16.5. The van der Waals surface area contributed by atoms with E-state index in [2.05, 4.69) is 0 Å². The molecule has 3 rings (SSSR count). The molecular weight excluding hydrogens is 358 g/mol. The van der Waals surface area contributed by atoms with Gasteiger partial charge in [-0.25, -0.2) is 0 Å². The zero-order chi connectivity index (χ0) is 20.5. The van der Waals surface area contributed by atoms with Crippen molar-refractivity contribution < 1.29 is 9.53 Å². The Morgan fingerprint density at radius 3 is 2.21 bits per heavy atom. The predicted molar refractivity (Wildman–Crippen MR) is 121 cm³/mol. The van der Waals surface area contributed by atoms with Crippen LogP contribution in [0, 0.1) is 0 Å². The number of hydrogen-bond acceptors (Lipinski definition) is 3. The van der Waals surface area contributed by atoms with Crippen LogP contribution >= 0.6 is 0 Å². The zero-order valence-electron chi connectivity index (χ0n) is 16.8. The first-order valence-corrected chi connectivity index (χ1v) is 9.55. The van der Waals surface area contributed by atoms with E-state index in [9.17, 15) is 4.79 Å². The number of anilines is 1. The first kappa shape index (κ1) is 20.2. The molecular formula is C26H25NO2. The van der Waals surface area contributed by atoms with Gasteiger partial charge in [-0.1, -0.05) is 66.7 Å². The molecule has 0 amide bonds. The van der Waals surface area contributed by atoms with Gasteiger partial charge in [0.1, 0.15) is 12.4 Å². The van der Waals surface area contributed by atoms with E-state index in [-0.39, 0.29) is 5.78 Å². The van der Waals surface area contributed by atoms with Gasteiger partial charge in [0.15, 0.2) is 5.78 Å². The monoisotopic (exact) mass is 383 g/mol. The normalized spacial score (nSPS) is 11.1. The second kappa shape index (κ2) is 10.1. The quantitative estimate of drug-likeness (QED) is 0.472. The summed E-state index contributed by atoms with van der Waals surface area (Å²) in [5.74, 6) is 0.684. The number of rotatable bonds is 8. The van der Waals surface area contributed by atoms with Crippen LogP contribution in [0.15, 0.2) is 91.0 Å². The van der Waals surface area contributed by atoms with E-state index in [1.165, 1.54) is 0 Å². The van der Waals surface area contributed by atoms with Crippen molar-refractivity contribution in [3.05, 3.63) is 108 Å². The lowest BCUT2D eigenvalue weighted by molar-refractivity contribution is -0.110. The fourth-order valence-electron chi connectivity index (χ4n) is 2.77. The Balaban J connectivity index is 1.62. The molecule has 3 heteroatoms. The molecule has 0 aromatic heterocycles. The van der Waals surface area contributed by atoms with Crippen LogP contribution in [-0.2, 0) is 11.4 Å². The lowest BCUT2D eigenvalue weighted by atomic mass is 10.1. The minimum absolute atomic E-state index is 0.0699. The molecule has 3 aromatic rings. The lowest BCUT2D eigenvalue weighted by Crippen LogP contribution is -2.07. The maximum atomic E-state index is 12.2. The summed E-state index contributed by atoms with van der Waals surface area (Å²) in [6.07, 6.45) is 6.76. The first-order chi connectivity index (χ1) is 14.1. The maximum Gasteiger partial charge on any atom is 0.178 e. The maximum absolute atomic E-state index is 12.2. The standard InChI is InChI=1S/C26H25NO2/c1-27(2)24-16-12-21(13-17-24)14-18-25(28)19-15-23-10-6-7-11-26(23)29-20-22-8-4-3-5-9-22/h3-19H,20H2,1-2H3/b18-14+,19-15+. The highest BCUT2D eigenvalue weighted by Gasteiger charge is 2.01. The lowest BCUT2D eigenvalue weighted by Gasteiger charge is -2.11. The summed E-state index contributed by atoms with van der Waals surface area (Å²) in [5, 5.41) is 0. The second-order valence-corrected chi connectivity index (χ2v) is 6.87. The molecule has 0 bridgehead atoms. The van der Waals surface area contributed by atoms with E-state index >= 15 is 0 Å². The van der Waals surface area contributed by atoms with Crippen molar-refractivity contribution in [2.24, 2.45) is 0 Å². The number of para-hydroxylation sites is 1. The Labute approximate surface area is 172 Å². The van der Waals surface area contributed by atoms with Crippen molar-refractivity contribution in [3.8, 4) is 5.75 Å². The van der Waals surface area contributed by atoms with E-state index < -0.39 is 0 Å². The van der Waals surface area contributed by atoms with Gasteiger partial charge in [0, 0.05) is 25.3 Å². The van der Waals surface area contributed by atoms with Gasteiger partial charge in [0.05, 0.1) is 0 Å². The van der Waals surface area contributed by atoms with Crippen LogP contribution in [0.5, 0.6) is 5.75 Å². The molecule has 0 aliphatic heterocycles. The van der Waals surface area contributed by atoms with E-state index in [0.717, 1.165) is 28.1 Å². The third-order valence-corrected chi connectivity index (χ3v) is 4.43. The third-order valence-electron chi connectivity index (χ3n) is 4.43. The topological polar surface area (TPSA) is 29.5 Å². The van der Waals surface area contributed by atoms with Gasteiger partial charge in [0.2, 0.25) is 0 Å². The number of carbonyl (C=O) groups excluding carboxylic acids is 1. The van der Waals surface area contributed by atoms with E-state index in [0.29, 0.717) is 6.61 Å². The molecule has 146 valence electrons. The van der Waals surface area contributed by atoms with Gasteiger partial charge in [0.25, 0.3) is 0 Å². The van der Waals surface area contributed by atoms with Crippen LogP contribution in [-0.4, -0.2) is 19.9 Å². The van der Waals surface area contributed by atoms with Crippen molar-refractivity contribution in [1.82, 2.24) is 0 Å². The molecule has 0 saturated heterocycles. The van der Waals surface area contributed by atoms with Gasteiger partial charge in [-0.15, -0.1) is 0 Å². The third kappa shape index (κ3) is 6.22. The zero-order valence-corrected chi connectivity index (χ0v) is 16.8. The van der Waals surface area contributed by atoms with Gasteiger partial charge >= 0.3 is 0 Å². The van der Waals surface area contributed by atoms with Gasteiger partial charge in [-0.2, -0.15) is 0 Å². The van der Waals surface area contributed by atoms with E-state index in [4.69, 9.17) is 4.74 Å². The van der Waals surface area contributed by atoms with Crippen LogP contribution in [0.2, 0.25) is 0 Å². The van der Waals surface area contributed by atoms with Crippen molar-refractivity contribution in [2.45, 2.75) is 6.61 Å². The molecule has 29 heavy (non-hydrogen) atoms. The summed E-state index contributed by atoms with van der Waals surface area (Å²) in [6.45, 7) is 0.489. The Hall–Kier alpha value is -3.59. The summed E-state index contributed by atoms with van der Waals surface area (Å²) in [4.78, 5) is 14.3. The van der Waals surface area contributed by atoms with Gasteiger partial charge < -0.3 is 9.64 Å². The van der Waals surface area contributed by atoms with Crippen molar-refractivity contribution in [3.63, 3.8) is 0 Å². The number of ether oxygens (including phenoxy) is 1. The molecule has 0 heterocycles. The SMILES string of the molecule is CN(C)c1ccc(/C=C/C(=O)/C=C/c2ccccc2OCc2ccccc2)cc1. The fourth-order valence-corrected chi connectivity index (χ4v) is 2.77. The minimum atomic E-state index is -0.0699. The Kier molecular flexibility index (Phi) is 7.01. The smallest absolute Gasteiger partial charge is 0.178 e. The Morgan fingerprint density at radius 2 is 1.48 bits per heavy atom. The van der Waals surface area contributed by atoms with Crippen molar-refractivity contribution in [1.29, 1.82) is 0 Å². The summed E-state index contributed by atoms with van der Waals surface area (Å²) in [5.41, 5.74) is 4.09. The summed E-state index contributed by atoms with van der Waals surface area (Å²) in [6, 6.07) is 25.8. The second-order valence-electron chi connectivity index (χ2n) is 6.87. The number of ketones is 1. The molecule has 3 nitrogen and oxygen atoms in total. The summed E-state index contributed by atoms with van der Waals surface area (Å²) >= 11 is 0. The number of hydrogen-bond donors (Lipinski definition) is 0. The average molecular weight is 383 g/mol. The van der Waals surface area contributed by atoms with Crippen LogP contribution in [0.3, 0.4) is 0 Å². The number of benzene rings is 3. The first-order valence-electron chi connectivity index (χ1n) is 9.55. The van der Waals surface area contributed by atoms with Crippen LogP contribution < -0.4 is 9.64 Å². The van der Waals surface area contributed by atoms with E-state index in [1.54, 1.807) is 18.2 Å². The molecule has 0 N–H and O–H groups in total. The highest BCUT2D eigenvalue weighted by Crippen LogP contribution is 2.21. The predicted octanol–water partition coefficient (Wildman–Crippen LogP) is 5.63. The molecule has 0 atom stereocenters. The Bertz CT molecular complexity index is 987. The van der Waals surface area contributed by atoms with Crippen LogP contribution in [0.1, 0.15) is 16.7 Å². The highest BCUT2D eigenvalue weighted by molar-refractivity contribution is 6.04. The molecule has 0 saturated carbocycles. The van der Waals surface area contributed by atoms with Crippen LogP contribution in [0.4, 0.5) is 5.69 Å². The molecule has 0 unspecified atom stereocenters. The largest absolute Gasteiger partial charge is 0.488 e. The average Bonchev–Trinajstić information content (AvgIpc) is 2.76. The van der Waals surface area contributed by atoms with Crippen molar-refractivity contribution in [2.75, 3.05) is 19.0 Å². The van der Waals surface area contributed by atoms with Gasteiger partial charge in [-0.3, -0.25) is 4.79 Å². The summed E-state index contributed by atoms with van der Waals surface area (Å²) < 4.78 is 5.93. The molecule has 0 radical (unpaired) electrons. The molecule has 0 aliphatic carbocycles. The fraction of sp³-hybridized carbons (Fsp3) is 0.115. The number of allylic oxidation sites excluding steroid dienone is 2. The van der Waals surface area contributed by atoms with Crippen molar-refractivity contribution >= 4 is 23.6 Å². The van der Waals surface area contributed by atoms with E-state index in [1.807, 2.05) is 104 Å². The number of carbonyl (C=O) groups is 1. The summed E-state index contributed by atoms with van der Waals surface area (Å²) in [7, 11) is 4.00. The minimum Gasteiger partial charge on any atom is -0.488 e. The molecule has 3 aromatic carbocycles. The van der Waals surface area contributed by atoms with Crippen LogP contribution in [0.25, 0.3) is 12.2 Å².